The lowest BCUT2D eigenvalue weighted by atomic mass is 9.74. The maximum atomic E-state index is 13.5. The second-order valence-electron chi connectivity index (χ2n) is 11.6. The predicted molar refractivity (Wildman–Crippen MR) is 172 cm³/mol. The average molecular weight is 729 g/mol. The van der Waals surface area contributed by atoms with Gasteiger partial charge in [0.1, 0.15) is 22.4 Å². The molecule has 2 atom stereocenters. The first kappa shape index (κ1) is 36.7. The van der Waals surface area contributed by atoms with Crippen molar-refractivity contribution in [3.8, 4) is 16.9 Å². The number of hydroxylamine groups is 2. The molecule has 3 aromatic rings. The molecule has 0 unspecified atom stereocenters. The highest BCUT2D eigenvalue weighted by molar-refractivity contribution is 7.80. The van der Waals surface area contributed by atoms with E-state index in [4.69, 9.17) is 37.2 Å². The lowest BCUT2D eigenvalue weighted by Crippen LogP contribution is -2.68. The van der Waals surface area contributed by atoms with Crippen LogP contribution in [-0.4, -0.2) is 80.5 Å². The van der Waals surface area contributed by atoms with E-state index >= 15 is 0 Å². The summed E-state index contributed by atoms with van der Waals surface area (Å²) in [5, 5.41) is 14.2. The number of carboxylic acids is 1. The van der Waals surface area contributed by atoms with Gasteiger partial charge in [-0.05, 0) is 51.4 Å². The summed E-state index contributed by atoms with van der Waals surface area (Å²) in [6, 6.07) is 6.95. The number of carbonyl (C=O) groups is 3. The molecule has 48 heavy (non-hydrogen) atoms. The van der Waals surface area contributed by atoms with Crippen LogP contribution in [0.2, 0.25) is 4.34 Å². The number of nitrogens with zero attached hydrogens (tertiary/aromatic N) is 5. The number of anilines is 1. The number of aromatic nitrogens is 3. The minimum Gasteiger partial charge on any atom is -0.489 e. The van der Waals surface area contributed by atoms with Crippen molar-refractivity contribution in [1.82, 2.24) is 14.7 Å². The maximum Gasteiger partial charge on any atom is 0.418 e. The van der Waals surface area contributed by atoms with Crippen LogP contribution in [0.3, 0.4) is 0 Å². The zero-order chi connectivity index (χ0) is 35.6. The van der Waals surface area contributed by atoms with Gasteiger partial charge in [-0.1, -0.05) is 40.2 Å². The summed E-state index contributed by atoms with van der Waals surface area (Å²) < 4.78 is 45.3. The number of β-lactam (4-membered cyclic amide) rings is 1. The molecule has 20 heteroatoms. The van der Waals surface area contributed by atoms with Gasteiger partial charge in [0.05, 0.1) is 29.8 Å². The third-order valence-corrected chi connectivity index (χ3v) is 9.05. The molecule has 2 aromatic heterocycles. The van der Waals surface area contributed by atoms with Crippen molar-refractivity contribution in [2.75, 3.05) is 18.9 Å². The summed E-state index contributed by atoms with van der Waals surface area (Å²) in [4.78, 5) is 47.9. The van der Waals surface area contributed by atoms with Crippen LogP contribution in [0.4, 0.5) is 5.13 Å². The molecule has 0 aliphatic carbocycles. The Hall–Kier alpha value is -4.14. The second kappa shape index (κ2) is 14.1. The summed E-state index contributed by atoms with van der Waals surface area (Å²) in [5.41, 5.74) is 9.00. The monoisotopic (exact) mass is 728 g/mol. The number of rotatable bonds is 16. The van der Waals surface area contributed by atoms with Gasteiger partial charge < -0.3 is 26.1 Å². The molecule has 6 N–H and O–H groups in total. The van der Waals surface area contributed by atoms with Crippen molar-refractivity contribution >= 4 is 61.8 Å². The van der Waals surface area contributed by atoms with Crippen molar-refractivity contribution in [1.29, 1.82) is 0 Å². The van der Waals surface area contributed by atoms with Crippen LogP contribution in [0.5, 0.6) is 5.75 Å². The minimum atomic E-state index is -5.02. The number of nitrogen functional groups attached to an aromatic ring is 1. The topological polar surface area (TPSA) is 243 Å². The normalized spacial score (nSPS) is 17.5. The van der Waals surface area contributed by atoms with Gasteiger partial charge in [-0.25, -0.2) is 9.78 Å². The average Bonchev–Trinajstić information content (AvgIpc) is 3.55. The predicted octanol–water partition coefficient (Wildman–Crippen LogP) is 1.59. The number of carboxylic acid groups (broad SMARTS) is 1. The SMILES string of the molecule is C[n+]1cc(-c2ccc(OC[C@@](C)(O/N=C(\C(=O)C[C@@H]3C(=O)N(OS(=O)(=O)O)C3(C)C)c3nc(N)sc3Cl)C(=O)O)cc2)cn1CCCN. The van der Waals surface area contributed by atoms with Crippen molar-refractivity contribution in [3.63, 3.8) is 0 Å². The molecule has 17 nitrogen and oxygen atoms in total. The van der Waals surface area contributed by atoms with Gasteiger partial charge in [-0.2, -0.15) is 18.2 Å². The summed E-state index contributed by atoms with van der Waals surface area (Å²) in [7, 11) is -3.09. The Bertz CT molecular complexity index is 1840. The lowest BCUT2D eigenvalue weighted by molar-refractivity contribution is -0.753. The van der Waals surface area contributed by atoms with Gasteiger partial charge in [0.15, 0.2) is 23.7 Å². The standard InChI is InChI=1S/C28H34ClN7O10S2/c1-27(2)19(24(38)36(27)46-48(41,42)43)12-20(37)21(22-23(29)47-26(31)32-22)33-45-28(3,25(39)40)15-44-18-8-6-16(7-9-18)17-13-34(4)35(14-17)11-5-10-30/h6-9,13-14,19H,5,10-12,15,30H2,1-4H3,(H3-,31,32,39,40,41,42,43)/p+1/b33-21+/t19-,28-/m1/s1. The fourth-order valence-electron chi connectivity index (χ4n) is 4.76. The largest absolute Gasteiger partial charge is 0.489 e. The summed E-state index contributed by atoms with van der Waals surface area (Å²) >= 11 is 7.06. The zero-order valence-electron chi connectivity index (χ0n) is 26.3. The first-order valence-corrected chi connectivity index (χ1v) is 16.9. The first-order chi connectivity index (χ1) is 22.4. The Balaban J connectivity index is 1.51. The van der Waals surface area contributed by atoms with Crippen molar-refractivity contribution in [2.24, 2.45) is 23.9 Å². The molecule has 0 bridgehead atoms. The van der Waals surface area contributed by atoms with Crippen LogP contribution < -0.4 is 20.9 Å². The minimum absolute atomic E-state index is 0.0306. The van der Waals surface area contributed by atoms with E-state index in [1.807, 2.05) is 40.9 Å². The fourth-order valence-corrected chi connectivity index (χ4v) is 6.14. The van der Waals surface area contributed by atoms with E-state index in [2.05, 4.69) is 14.4 Å². The van der Waals surface area contributed by atoms with E-state index in [9.17, 15) is 27.9 Å². The third kappa shape index (κ3) is 8.10. The zero-order valence-corrected chi connectivity index (χ0v) is 28.7. The third-order valence-electron chi connectivity index (χ3n) is 7.63. The lowest BCUT2D eigenvalue weighted by Gasteiger charge is -2.50. The number of hydrogen-bond acceptors (Lipinski definition) is 13. The summed E-state index contributed by atoms with van der Waals surface area (Å²) in [6.45, 7) is 4.79. The maximum absolute atomic E-state index is 13.5. The number of hydrogen-bond donors (Lipinski definition) is 4. The van der Waals surface area contributed by atoms with Crippen molar-refractivity contribution in [3.05, 3.63) is 46.7 Å². The molecule has 260 valence electrons. The number of ketones is 1. The molecule has 1 aliphatic heterocycles. The number of Topliss-reactive ketones (excluding diaryl/α,β-unsaturated/α-hetero) is 1. The number of carbonyl (C=O) groups excluding carboxylic acids is 2. The number of amides is 1. The fraction of sp³-hybridized carbons (Fsp3) is 0.429. The number of halogens is 1. The Morgan fingerprint density at radius 2 is 1.92 bits per heavy atom. The number of thiazole rings is 1. The van der Waals surface area contributed by atoms with E-state index in [-0.39, 0.29) is 15.2 Å². The number of benzene rings is 1. The highest BCUT2D eigenvalue weighted by Crippen LogP contribution is 2.41. The molecule has 0 saturated carbocycles. The second-order valence-corrected chi connectivity index (χ2v) is 14.3. The van der Waals surface area contributed by atoms with Crippen LogP contribution in [-0.2, 0) is 47.5 Å². The Morgan fingerprint density at radius 1 is 1.25 bits per heavy atom. The highest BCUT2D eigenvalue weighted by Gasteiger charge is 2.57. The van der Waals surface area contributed by atoms with Crippen LogP contribution in [0.1, 0.15) is 39.3 Å². The van der Waals surface area contributed by atoms with E-state index < -0.39 is 63.9 Å². The number of ether oxygens (including phenoxy) is 1. The molecule has 1 amide bonds. The quantitative estimate of drug-likeness (QED) is 0.0539. The Kier molecular flexibility index (Phi) is 10.8. The van der Waals surface area contributed by atoms with Gasteiger partial charge in [0, 0.05) is 6.42 Å². The summed E-state index contributed by atoms with van der Waals surface area (Å²) in [6.07, 6.45) is 4.22. The van der Waals surface area contributed by atoms with E-state index in [1.165, 1.54) is 20.8 Å². The highest BCUT2D eigenvalue weighted by atomic mass is 35.5. The van der Waals surface area contributed by atoms with Crippen molar-refractivity contribution in [2.45, 2.75) is 51.3 Å². The molecular weight excluding hydrogens is 694 g/mol. The van der Waals surface area contributed by atoms with Gasteiger partial charge in [-0.15, -0.1) is 8.97 Å². The van der Waals surface area contributed by atoms with Crippen LogP contribution in [0.15, 0.2) is 41.8 Å². The van der Waals surface area contributed by atoms with Crippen LogP contribution in [0, 0.1) is 5.92 Å². The molecule has 3 heterocycles. The van der Waals surface area contributed by atoms with Crippen LogP contribution >= 0.6 is 22.9 Å². The van der Waals surface area contributed by atoms with Gasteiger partial charge in [-0.3, -0.25) is 14.1 Å². The molecule has 1 aliphatic rings. The number of nitrogens with two attached hydrogens (primary N) is 2. The van der Waals surface area contributed by atoms with E-state index in [1.54, 1.807) is 12.1 Å². The molecule has 1 saturated heterocycles. The van der Waals surface area contributed by atoms with E-state index in [0.29, 0.717) is 17.4 Å². The molecule has 0 radical (unpaired) electrons. The number of aryl methyl sites for hydroxylation is 2. The van der Waals surface area contributed by atoms with Gasteiger partial charge in [0.25, 0.3) is 11.5 Å². The molecule has 0 spiro atoms. The molecule has 1 fully saturated rings. The molecule has 1 aromatic carbocycles. The van der Waals surface area contributed by atoms with Crippen molar-refractivity contribution < 1.29 is 51.0 Å². The van der Waals surface area contributed by atoms with Gasteiger partial charge in [0.2, 0.25) is 6.20 Å². The number of oxime groups is 1. The van der Waals surface area contributed by atoms with Gasteiger partial charge >= 0.3 is 16.4 Å². The number of aliphatic carboxylic acids is 1. The first-order valence-electron chi connectivity index (χ1n) is 14.3. The van der Waals surface area contributed by atoms with Crippen LogP contribution in [0.25, 0.3) is 11.1 Å². The molecular formula is C28H35ClN7O10S2+. The summed E-state index contributed by atoms with van der Waals surface area (Å²) in [5.74, 6) is -4.04. The Morgan fingerprint density at radius 3 is 2.46 bits per heavy atom. The smallest absolute Gasteiger partial charge is 0.418 e. The van der Waals surface area contributed by atoms with E-state index in [0.717, 1.165) is 35.4 Å². The molecule has 4 rings (SSSR count). The Labute approximate surface area is 284 Å².